The molecule has 2 rings (SSSR count). The highest BCUT2D eigenvalue weighted by Gasteiger charge is 2.27. The Morgan fingerprint density at radius 2 is 1.73 bits per heavy atom. The smallest absolute Gasteiger partial charge is 0.315 e. The molecule has 1 aliphatic carbocycles. The number of carbonyl (C=O) groups excluding carboxylic acids is 2. The first kappa shape index (κ1) is 20.5. The van der Waals surface area contributed by atoms with E-state index < -0.39 is 11.9 Å². The van der Waals surface area contributed by atoms with Crippen LogP contribution in [-0.2, 0) is 9.59 Å². The van der Waals surface area contributed by atoms with Gasteiger partial charge in [0.25, 0.3) is 0 Å². The predicted molar refractivity (Wildman–Crippen MR) is 98.8 cm³/mol. The quantitative estimate of drug-likeness (QED) is 0.574. The summed E-state index contributed by atoms with van der Waals surface area (Å²) < 4.78 is 0. The van der Waals surface area contributed by atoms with Gasteiger partial charge in [-0.15, -0.1) is 0 Å². The van der Waals surface area contributed by atoms with E-state index in [0.29, 0.717) is 38.5 Å². The number of nitrogens with one attached hydrogen (secondary N) is 2. The van der Waals surface area contributed by atoms with E-state index in [4.69, 9.17) is 5.11 Å². The molecule has 1 saturated heterocycles. The standard InChI is InChI=1S/C19H33N3O4/c23-17(22-13-7-8-15(14-22)18(24)25)11-5-2-6-12-20-19(26)21-16-9-3-1-4-10-16/h15-16H,1-14H2,(H,24,25)(H2,20,21,26)/t15-/m0/s1. The van der Waals surface area contributed by atoms with Crippen LogP contribution in [0.5, 0.6) is 0 Å². The summed E-state index contributed by atoms with van der Waals surface area (Å²) in [4.78, 5) is 36.7. The number of hydrogen-bond acceptors (Lipinski definition) is 3. The molecule has 0 radical (unpaired) electrons. The average Bonchev–Trinajstić information content (AvgIpc) is 2.65. The summed E-state index contributed by atoms with van der Waals surface area (Å²) in [7, 11) is 0. The van der Waals surface area contributed by atoms with Gasteiger partial charge >= 0.3 is 12.0 Å². The predicted octanol–water partition coefficient (Wildman–Crippen LogP) is 2.50. The van der Waals surface area contributed by atoms with Crippen molar-refractivity contribution in [1.29, 1.82) is 0 Å². The number of piperidine rings is 1. The van der Waals surface area contributed by atoms with Crippen molar-refractivity contribution in [2.24, 2.45) is 5.92 Å². The zero-order chi connectivity index (χ0) is 18.8. The van der Waals surface area contributed by atoms with Gasteiger partial charge in [0.15, 0.2) is 0 Å². The van der Waals surface area contributed by atoms with E-state index in [-0.39, 0.29) is 11.9 Å². The van der Waals surface area contributed by atoms with Crippen molar-refractivity contribution < 1.29 is 19.5 Å². The summed E-state index contributed by atoms with van der Waals surface area (Å²) >= 11 is 0. The molecule has 0 aromatic carbocycles. The second-order valence-corrected chi connectivity index (χ2v) is 7.56. The van der Waals surface area contributed by atoms with Gasteiger partial charge in [-0.2, -0.15) is 0 Å². The molecule has 1 aliphatic heterocycles. The number of likely N-dealkylation sites (tertiary alicyclic amines) is 1. The van der Waals surface area contributed by atoms with E-state index in [0.717, 1.165) is 38.5 Å². The number of carbonyl (C=O) groups is 3. The molecule has 3 amide bonds. The molecule has 0 aromatic rings. The average molecular weight is 367 g/mol. The number of carboxylic acids is 1. The van der Waals surface area contributed by atoms with E-state index in [9.17, 15) is 14.4 Å². The summed E-state index contributed by atoms with van der Waals surface area (Å²) in [5.41, 5.74) is 0. The van der Waals surface area contributed by atoms with Crippen LogP contribution in [0.3, 0.4) is 0 Å². The van der Waals surface area contributed by atoms with Crippen LogP contribution < -0.4 is 10.6 Å². The number of urea groups is 1. The molecular formula is C19H33N3O4. The largest absolute Gasteiger partial charge is 0.481 e. The lowest BCUT2D eigenvalue weighted by Gasteiger charge is -2.30. The fraction of sp³-hybridized carbons (Fsp3) is 0.842. The monoisotopic (exact) mass is 367 g/mol. The van der Waals surface area contributed by atoms with Gasteiger partial charge in [-0.05, 0) is 38.5 Å². The highest BCUT2D eigenvalue weighted by molar-refractivity contribution is 5.78. The van der Waals surface area contributed by atoms with Crippen LogP contribution in [0.25, 0.3) is 0 Å². The molecule has 148 valence electrons. The molecule has 1 saturated carbocycles. The van der Waals surface area contributed by atoms with Gasteiger partial charge < -0.3 is 20.6 Å². The zero-order valence-electron chi connectivity index (χ0n) is 15.7. The summed E-state index contributed by atoms with van der Waals surface area (Å²) in [6.07, 6.45) is 10.2. The van der Waals surface area contributed by atoms with Gasteiger partial charge in [-0.1, -0.05) is 25.7 Å². The first-order valence-corrected chi connectivity index (χ1v) is 10.1. The SMILES string of the molecule is O=C(NCCCCCC(=O)N1CCC[C@H](C(=O)O)C1)NC1CCCCC1. The van der Waals surface area contributed by atoms with Crippen molar-refractivity contribution in [2.75, 3.05) is 19.6 Å². The lowest BCUT2D eigenvalue weighted by molar-refractivity contribution is -0.145. The van der Waals surface area contributed by atoms with Crippen LogP contribution in [0.15, 0.2) is 0 Å². The van der Waals surface area contributed by atoms with E-state index in [2.05, 4.69) is 10.6 Å². The maximum Gasteiger partial charge on any atom is 0.315 e. The van der Waals surface area contributed by atoms with E-state index in [1.54, 1.807) is 4.90 Å². The molecule has 0 aromatic heterocycles. The molecule has 2 fully saturated rings. The maximum atomic E-state index is 12.2. The molecule has 0 bridgehead atoms. The molecule has 1 atom stereocenters. The van der Waals surface area contributed by atoms with Crippen molar-refractivity contribution >= 4 is 17.9 Å². The molecular weight excluding hydrogens is 334 g/mol. The van der Waals surface area contributed by atoms with Gasteiger partial charge in [0, 0.05) is 32.1 Å². The Balaban J connectivity index is 1.50. The summed E-state index contributed by atoms with van der Waals surface area (Å²) in [6, 6.07) is 0.238. The maximum absolute atomic E-state index is 12.2. The molecule has 26 heavy (non-hydrogen) atoms. The third kappa shape index (κ3) is 7.22. The molecule has 1 heterocycles. The Morgan fingerprint density at radius 3 is 2.46 bits per heavy atom. The topological polar surface area (TPSA) is 98.7 Å². The van der Waals surface area contributed by atoms with E-state index >= 15 is 0 Å². The van der Waals surface area contributed by atoms with Crippen molar-refractivity contribution in [2.45, 2.75) is 76.7 Å². The fourth-order valence-corrected chi connectivity index (χ4v) is 3.83. The Kier molecular flexibility index (Phi) is 8.71. The number of hydrogen-bond donors (Lipinski definition) is 3. The number of amides is 3. The van der Waals surface area contributed by atoms with E-state index in [1.807, 2.05) is 0 Å². The van der Waals surface area contributed by atoms with E-state index in [1.165, 1.54) is 19.3 Å². The zero-order valence-corrected chi connectivity index (χ0v) is 15.7. The molecule has 7 heteroatoms. The minimum Gasteiger partial charge on any atom is -0.481 e. The Morgan fingerprint density at radius 1 is 0.962 bits per heavy atom. The highest BCUT2D eigenvalue weighted by atomic mass is 16.4. The minimum absolute atomic E-state index is 0.0546. The summed E-state index contributed by atoms with van der Waals surface area (Å²) in [5.74, 6) is -1.17. The van der Waals surface area contributed by atoms with Crippen LogP contribution in [0.1, 0.15) is 70.6 Å². The van der Waals surface area contributed by atoms with Crippen molar-refractivity contribution in [3.63, 3.8) is 0 Å². The first-order valence-electron chi connectivity index (χ1n) is 10.1. The molecule has 0 unspecified atom stereocenters. The Bertz CT molecular complexity index is 477. The number of unbranched alkanes of at least 4 members (excludes halogenated alkanes) is 2. The van der Waals surface area contributed by atoms with Gasteiger partial charge in [0.2, 0.25) is 5.91 Å². The number of rotatable bonds is 8. The van der Waals surface area contributed by atoms with Crippen molar-refractivity contribution in [3.8, 4) is 0 Å². The van der Waals surface area contributed by atoms with Crippen LogP contribution in [0.4, 0.5) is 4.79 Å². The Hall–Kier alpha value is -1.79. The van der Waals surface area contributed by atoms with Gasteiger partial charge in [0.1, 0.15) is 0 Å². The molecule has 2 aliphatic rings. The summed E-state index contributed by atoms with van der Waals surface area (Å²) in [6.45, 7) is 1.64. The first-order chi connectivity index (χ1) is 12.6. The fourth-order valence-electron chi connectivity index (χ4n) is 3.83. The molecule has 0 spiro atoms. The van der Waals surface area contributed by atoms with Crippen LogP contribution in [0.2, 0.25) is 0 Å². The second-order valence-electron chi connectivity index (χ2n) is 7.56. The van der Waals surface area contributed by atoms with Crippen molar-refractivity contribution in [1.82, 2.24) is 15.5 Å². The van der Waals surface area contributed by atoms with Crippen LogP contribution >= 0.6 is 0 Å². The second kappa shape index (κ2) is 11.0. The van der Waals surface area contributed by atoms with Crippen LogP contribution in [-0.4, -0.2) is 53.6 Å². The van der Waals surface area contributed by atoms with Gasteiger partial charge in [-0.3, -0.25) is 9.59 Å². The third-order valence-corrected chi connectivity index (χ3v) is 5.42. The summed E-state index contributed by atoms with van der Waals surface area (Å²) in [5, 5.41) is 15.0. The van der Waals surface area contributed by atoms with Crippen LogP contribution in [0, 0.1) is 5.92 Å². The highest BCUT2D eigenvalue weighted by Crippen LogP contribution is 2.18. The van der Waals surface area contributed by atoms with Crippen molar-refractivity contribution in [3.05, 3.63) is 0 Å². The molecule has 3 N–H and O–H groups in total. The third-order valence-electron chi connectivity index (χ3n) is 5.42. The number of nitrogens with zero attached hydrogens (tertiary/aromatic N) is 1. The normalized spacial score (nSPS) is 21.2. The Labute approximate surface area is 155 Å². The molecule has 7 nitrogen and oxygen atoms in total. The minimum atomic E-state index is -0.805. The number of carboxylic acid groups (broad SMARTS) is 1. The van der Waals surface area contributed by atoms with Gasteiger partial charge in [0.05, 0.1) is 5.92 Å². The lowest BCUT2D eigenvalue weighted by Crippen LogP contribution is -2.43. The van der Waals surface area contributed by atoms with Gasteiger partial charge in [-0.25, -0.2) is 4.79 Å². The number of aliphatic carboxylic acids is 1. The lowest BCUT2D eigenvalue weighted by atomic mass is 9.96.